The number of carbonyl (C=O) groups is 1. The highest BCUT2D eigenvalue weighted by Gasteiger charge is 2.12. The summed E-state index contributed by atoms with van der Waals surface area (Å²) < 4.78 is 4.72. The summed E-state index contributed by atoms with van der Waals surface area (Å²) in [5, 5.41) is 11.5. The molecule has 0 aromatic rings. The summed E-state index contributed by atoms with van der Waals surface area (Å²) in [5.74, 6) is 0.0795. The van der Waals surface area contributed by atoms with Crippen LogP contribution >= 0.6 is 0 Å². The van der Waals surface area contributed by atoms with Crippen LogP contribution in [0, 0.1) is 5.92 Å². The van der Waals surface area contributed by atoms with E-state index in [-0.39, 0.29) is 5.71 Å². The maximum absolute atomic E-state index is 11.1. The molecule has 0 amide bonds. The molecule has 0 spiro atoms. The zero-order valence-electron chi connectivity index (χ0n) is 9.12. The Morgan fingerprint density at radius 3 is 2.57 bits per heavy atom. The third-order valence-electron chi connectivity index (χ3n) is 1.83. The summed E-state index contributed by atoms with van der Waals surface area (Å²) in [6.45, 7) is 6.25. The van der Waals surface area contributed by atoms with Crippen molar-refractivity contribution in [2.24, 2.45) is 11.1 Å². The van der Waals surface area contributed by atoms with Gasteiger partial charge in [-0.1, -0.05) is 25.4 Å². The highest BCUT2D eigenvalue weighted by atomic mass is 16.5. The quantitative estimate of drug-likeness (QED) is 0.310. The highest BCUT2D eigenvalue weighted by molar-refractivity contribution is 6.36. The van der Waals surface area contributed by atoms with Crippen LogP contribution in [0.4, 0.5) is 0 Å². The SMILES string of the molecule is CCOC(=O)C(CCCC(C)C)=NO. The Labute approximate surface area is 84.9 Å². The Hall–Kier alpha value is -1.06. The van der Waals surface area contributed by atoms with Crippen LogP contribution in [-0.4, -0.2) is 23.5 Å². The number of rotatable bonds is 6. The molecule has 0 bridgehead atoms. The molecule has 14 heavy (non-hydrogen) atoms. The van der Waals surface area contributed by atoms with E-state index in [2.05, 4.69) is 19.0 Å². The zero-order valence-corrected chi connectivity index (χ0v) is 9.12. The van der Waals surface area contributed by atoms with Crippen LogP contribution in [0.5, 0.6) is 0 Å². The third-order valence-corrected chi connectivity index (χ3v) is 1.83. The highest BCUT2D eigenvalue weighted by Crippen LogP contribution is 2.07. The van der Waals surface area contributed by atoms with Gasteiger partial charge in [0.2, 0.25) is 0 Å². The largest absolute Gasteiger partial charge is 0.461 e. The Balaban J connectivity index is 3.86. The molecule has 0 aliphatic heterocycles. The van der Waals surface area contributed by atoms with E-state index in [4.69, 9.17) is 9.94 Å². The first-order valence-electron chi connectivity index (χ1n) is 4.99. The standard InChI is InChI=1S/C10H19NO3/c1-4-14-10(12)9(11-13)7-5-6-8(2)3/h8,13H,4-7H2,1-3H3. The number of ether oxygens (including phenoxy) is 1. The van der Waals surface area contributed by atoms with Gasteiger partial charge in [-0.25, -0.2) is 4.79 Å². The van der Waals surface area contributed by atoms with E-state index in [1.807, 2.05) is 0 Å². The van der Waals surface area contributed by atoms with Crippen LogP contribution in [0.3, 0.4) is 0 Å². The summed E-state index contributed by atoms with van der Waals surface area (Å²) in [4.78, 5) is 11.1. The molecule has 4 heteroatoms. The summed E-state index contributed by atoms with van der Waals surface area (Å²) in [6.07, 6.45) is 2.34. The number of carbonyl (C=O) groups excluding carboxylic acids is 1. The van der Waals surface area contributed by atoms with E-state index in [9.17, 15) is 4.79 Å². The molecular formula is C10H19NO3. The van der Waals surface area contributed by atoms with E-state index in [0.29, 0.717) is 18.9 Å². The second-order valence-electron chi connectivity index (χ2n) is 3.55. The average molecular weight is 201 g/mol. The van der Waals surface area contributed by atoms with Crippen LogP contribution in [0.25, 0.3) is 0 Å². The fourth-order valence-corrected chi connectivity index (χ4v) is 1.09. The second kappa shape index (κ2) is 7.35. The zero-order chi connectivity index (χ0) is 11.0. The minimum atomic E-state index is -0.515. The molecular weight excluding hydrogens is 182 g/mol. The van der Waals surface area contributed by atoms with Crippen molar-refractivity contribution in [3.63, 3.8) is 0 Å². The van der Waals surface area contributed by atoms with Gasteiger partial charge in [0.1, 0.15) is 0 Å². The van der Waals surface area contributed by atoms with Gasteiger partial charge in [0, 0.05) is 6.42 Å². The van der Waals surface area contributed by atoms with Crippen LogP contribution in [0.2, 0.25) is 0 Å². The molecule has 1 N–H and O–H groups in total. The lowest BCUT2D eigenvalue weighted by Crippen LogP contribution is -2.17. The van der Waals surface area contributed by atoms with Gasteiger partial charge in [0.15, 0.2) is 5.71 Å². The van der Waals surface area contributed by atoms with Crippen LogP contribution < -0.4 is 0 Å². The molecule has 0 unspecified atom stereocenters. The molecule has 0 aliphatic carbocycles. The van der Waals surface area contributed by atoms with E-state index >= 15 is 0 Å². The van der Waals surface area contributed by atoms with E-state index < -0.39 is 5.97 Å². The van der Waals surface area contributed by atoms with Crippen molar-refractivity contribution in [2.75, 3.05) is 6.61 Å². The molecule has 0 atom stereocenters. The average Bonchev–Trinajstić information content (AvgIpc) is 2.12. The Kier molecular flexibility index (Phi) is 6.80. The predicted molar refractivity (Wildman–Crippen MR) is 54.5 cm³/mol. The van der Waals surface area contributed by atoms with Crippen molar-refractivity contribution in [2.45, 2.75) is 40.0 Å². The van der Waals surface area contributed by atoms with Crippen LogP contribution in [0.1, 0.15) is 40.0 Å². The molecule has 0 aromatic carbocycles. The maximum Gasteiger partial charge on any atom is 0.356 e. The minimum absolute atomic E-state index is 0.118. The lowest BCUT2D eigenvalue weighted by Gasteiger charge is -2.05. The lowest BCUT2D eigenvalue weighted by atomic mass is 10.0. The van der Waals surface area contributed by atoms with Crippen molar-refractivity contribution in [3.8, 4) is 0 Å². The molecule has 0 aliphatic rings. The van der Waals surface area contributed by atoms with E-state index in [1.54, 1.807) is 6.92 Å². The fraction of sp³-hybridized carbons (Fsp3) is 0.800. The molecule has 0 heterocycles. The first-order chi connectivity index (χ1) is 6.61. The fourth-order valence-electron chi connectivity index (χ4n) is 1.09. The van der Waals surface area contributed by atoms with Gasteiger partial charge in [0.05, 0.1) is 6.61 Å². The van der Waals surface area contributed by atoms with Crippen molar-refractivity contribution in [3.05, 3.63) is 0 Å². The second-order valence-corrected chi connectivity index (χ2v) is 3.55. The van der Waals surface area contributed by atoms with Gasteiger partial charge in [-0.2, -0.15) is 0 Å². The number of hydrogen-bond acceptors (Lipinski definition) is 4. The van der Waals surface area contributed by atoms with Gasteiger partial charge in [0.25, 0.3) is 0 Å². The first-order valence-corrected chi connectivity index (χ1v) is 4.99. The number of hydrogen-bond donors (Lipinski definition) is 1. The molecule has 0 radical (unpaired) electrons. The molecule has 0 aromatic heterocycles. The number of esters is 1. The molecule has 82 valence electrons. The van der Waals surface area contributed by atoms with E-state index in [1.165, 1.54) is 0 Å². The first kappa shape index (κ1) is 12.9. The van der Waals surface area contributed by atoms with Crippen molar-refractivity contribution in [1.82, 2.24) is 0 Å². The lowest BCUT2D eigenvalue weighted by molar-refractivity contribution is -0.135. The third kappa shape index (κ3) is 5.56. The molecule has 0 saturated carbocycles. The van der Waals surface area contributed by atoms with Crippen molar-refractivity contribution >= 4 is 11.7 Å². The molecule has 0 rings (SSSR count). The van der Waals surface area contributed by atoms with Gasteiger partial charge in [-0.3, -0.25) is 0 Å². The molecule has 0 fully saturated rings. The Morgan fingerprint density at radius 1 is 1.50 bits per heavy atom. The topological polar surface area (TPSA) is 58.9 Å². The number of nitrogens with zero attached hydrogens (tertiary/aromatic N) is 1. The normalized spacial score (nSPS) is 11.9. The van der Waals surface area contributed by atoms with Gasteiger partial charge in [-0.05, 0) is 19.3 Å². The minimum Gasteiger partial charge on any atom is -0.461 e. The maximum atomic E-state index is 11.1. The summed E-state index contributed by atoms with van der Waals surface area (Å²) in [5.41, 5.74) is 0.118. The van der Waals surface area contributed by atoms with Gasteiger partial charge in [-0.15, -0.1) is 0 Å². The van der Waals surface area contributed by atoms with Gasteiger partial charge < -0.3 is 9.94 Å². The molecule has 0 saturated heterocycles. The van der Waals surface area contributed by atoms with Gasteiger partial charge >= 0.3 is 5.97 Å². The van der Waals surface area contributed by atoms with Crippen molar-refractivity contribution < 1.29 is 14.7 Å². The Morgan fingerprint density at radius 2 is 2.14 bits per heavy atom. The van der Waals surface area contributed by atoms with Crippen molar-refractivity contribution in [1.29, 1.82) is 0 Å². The smallest absolute Gasteiger partial charge is 0.356 e. The van der Waals surface area contributed by atoms with E-state index in [0.717, 1.165) is 12.8 Å². The summed E-state index contributed by atoms with van der Waals surface area (Å²) >= 11 is 0. The number of oxime groups is 1. The monoisotopic (exact) mass is 201 g/mol. The van der Waals surface area contributed by atoms with Crippen LogP contribution in [0.15, 0.2) is 5.16 Å². The Bertz CT molecular complexity index is 200. The molecule has 4 nitrogen and oxygen atoms in total. The van der Waals surface area contributed by atoms with Crippen LogP contribution in [-0.2, 0) is 9.53 Å². The summed E-state index contributed by atoms with van der Waals surface area (Å²) in [6, 6.07) is 0. The predicted octanol–water partition coefficient (Wildman–Crippen LogP) is 2.21. The summed E-state index contributed by atoms with van der Waals surface area (Å²) in [7, 11) is 0.